The molecule has 0 spiro atoms. The van der Waals surface area contributed by atoms with Crippen LogP contribution in [-0.4, -0.2) is 52.4 Å². The maximum atomic E-state index is 12.4. The van der Waals surface area contributed by atoms with E-state index in [1.807, 2.05) is 17.5 Å². The minimum absolute atomic E-state index is 0.142. The number of ether oxygens (including phenoxy) is 1. The molecule has 138 valence electrons. The number of carboxylic acids is 1. The third-order valence-corrected chi connectivity index (χ3v) is 5.30. The number of carboxylic acid groups (broad SMARTS) is 1. The van der Waals surface area contributed by atoms with Gasteiger partial charge in [-0.3, -0.25) is 19.3 Å². The van der Waals surface area contributed by atoms with Gasteiger partial charge in [-0.05, 0) is 29.9 Å². The Balaban J connectivity index is 1.69. The highest BCUT2D eigenvalue weighted by Gasteiger charge is 2.53. The predicted molar refractivity (Wildman–Crippen MR) is 91.1 cm³/mol. The average molecular weight is 378 g/mol. The van der Waals surface area contributed by atoms with E-state index in [0.717, 1.165) is 4.88 Å². The molecule has 3 heterocycles. The zero-order valence-electron chi connectivity index (χ0n) is 14.1. The van der Waals surface area contributed by atoms with Crippen molar-refractivity contribution in [2.45, 2.75) is 38.3 Å². The molecule has 0 aromatic carbocycles. The highest BCUT2D eigenvalue weighted by Crippen LogP contribution is 2.36. The summed E-state index contributed by atoms with van der Waals surface area (Å²) in [6.07, 6.45) is 1.08. The number of fused-ring (bicyclic) bond motifs is 1. The van der Waals surface area contributed by atoms with Gasteiger partial charge in [0.1, 0.15) is 18.3 Å². The van der Waals surface area contributed by atoms with E-state index in [-0.39, 0.29) is 30.7 Å². The molecule has 2 aliphatic heterocycles. The largest absolute Gasteiger partial charge is 0.477 e. The van der Waals surface area contributed by atoms with Crippen molar-refractivity contribution < 1.29 is 29.0 Å². The fourth-order valence-electron chi connectivity index (χ4n) is 3.26. The van der Waals surface area contributed by atoms with Gasteiger partial charge in [0, 0.05) is 11.8 Å². The van der Waals surface area contributed by atoms with E-state index in [2.05, 4.69) is 5.32 Å². The molecule has 0 radical (unpaired) electrons. The van der Waals surface area contributed by atoms with E-state index in [1.165, 1.54) is 23.2 Å². The number of β-lactam (4-membered cyclic amide) rings is 1. The minimum Gasteiger partial charge on any atom is -0.477 e. The van der Waals surface area contributed by atoms with Crippen molar-refractivity contribution in [2.24, 2.45) is 0 Å². The lowest BCUT2D eigenvalue weighted by atomic mass is 9.83. The molecule has 2 aliphatic rings. The van der Waals surface area contributed by atoms with Crippen LogP contribution in [0.5, 0.6) is 0 Å². The quantitative estimate of drug-likeness (QED) is 0.556. The Kier molecular flexibility index (Phi) is 5.08. The first-order chi connectivity index (χ1) is 12.4. The smallest absolute Gasteiger partial charge is 0.352 e. The van der Waals surface area contributed by atoms with Crippen LogP contribution in [0.2, 0.25) is 0 Å². The Labute approximate surface area is 153 Å². The van der Waals surface area contributed by atoms with E-state index in [1.54, 1.807) is 0 Å². The number of aliphatic carboxylic acids is 1. The molecular formula is C17H18N2O6S. The summed E-state index contributed by atoms with van der Waals surface area (Å²) in [5.74, 6) is -2.48. The van der Waals surface area contributed by atoms with Crippen LogP contribution in [0.15, 0.2) is 28.8 Å². The number of carbonyl (C=O) groups is 4. The molecule has 3 rings (SSSR count). The van der Waals surface area contributed by atoms with Gasteiger partial charge >= 0.3 is 11.9 Å². The van der Waals surface area contributed by atoms with Gasteiger partial charge < -0.3 is 15.2 Å². The number of rotatable bonds is 6. The lowest BCUT2D eigenvalue weighted by Gasteiger charge is -2.50. The van der Waals surface area contributed by atoms with Crippen LogP contribution in [-0.2, 0) is 30.3 Å². The molecule has 0 aliphatic carbocycles. The van der Waals surface area contributed by atoms with E-state index < -0.39 is 23.9 Å². The summed E-state index contributed by atoms with van der Waals surface area (Å²) in [6.45, 7) is 1.09. The van der Waals surface area contributed by atoms with Crippen LogP contribution in [0.25, 0.3) is 0 Å². The molecule has 1 aromatic heterocycles. The van der Waals surface area contributed by atoms with Crippen LogP contribution in [0.1, 0.15) is 24.6 Å². The molecule has 0 saturated carbocycles. The first-order valence-electron chi connectivity index (χ1n) is 8.12. The zero-order chi connectivity index (χ0) is 18.8. The lowest BCUT2D eigenvalue weighted by Crippen LogP contribution is -2.71. The van der Waals surface area contributed by atoms with E-state index >= 15 is 0 Å². The van der Waals surface area contributed by atoms with Crippen molar-refractivity contribution in [3.05, 3.63) is 33.7 Å². The van der Waals surface area contributed by atoms with E-state index in [0.29, 0.717) is 18.4 Å². The Morgan fingerprint density at radius 2 is 2.19 bits per heavy atom. The van der Waals surface area contributed by atoms with Gasteiger partial charge in [0.15, 0.2) is 0 Å². The minimum atomic E-state index is -1.24. The van der Waals surface area contributed by atoms with Gasteiger partial charge in [0.05, 0.1) is 12.5 Å². The van der Waals surface area contributed by atoms with Gasteiger partial charge in [-0.2, -0.15) is 0 Å². The molecule has 1 fully saturated rings. The summed E-state index contributed by atoms with van der Waals surface area (Å²) >= 11 is 1.46. The molecule has 1 aromatic rings. The number of nitrogens with one attached hydrogen (secondary N) is 1. The summed E-state index contributed by atoms with van der Waals surface area (Å²) in [7, 11) is 0. The number of thiophene rings is 1. The Morgan fingerprint density at radius 1 is 1.42 bits per heavy atom. The van der Waals surface area contributed by atoms with Gasteiger partial charge in [-0.25, -0.2) is 4.79 Å². The van der Waals surface area contributed by atoms with Crippen molar-refractivity contribution in [1.29, 1.82) is 0 Å². The third-order valence-electron chi connectivity index (χ3n) is 4.42. The van der Waals surface area contributed by atoms with Crippen molar-refractivity contribution in [3.8, 4) is 0 Å². The number of nitrogens with zero attached hydrogens (tertiary/aromatic N) is 1. The van der Waals surface area contributed by atoms with E-state index in [9.17, 15) is 24.3 Å². The topological polar surface area (TPSA) is 113 Å². The Morgan fingerprint density at radius 3 is 2.81 bits per heavy atom. The van der Waals surface area contributed by atoms with Gasteiger partial charge in [-0.15, -0.1) is 11.3 Å². The second-order valence-corrected chi connectivity index (χ2v) is 7.19. The van der Waals surface area contributed by atoms with Crippen molar-refractivity contribution in [1.82, 2.24) is 10.2 Å². The fraction of sp³-hybridized carbons (Fsp3) is 0.412. The molecule has 1 saturated heterocycles. The molecule has 2 N–H and O–H groups in total. The second kappa shape index (κ2) is 7.28. The summed E-state index contributed by atoms with van der Waals surface area (Å²) < 4.78 is 4.89. The van der Waals surface area contributed by atoms with Gasteiger partial charge in [-0.1, -0.05) is 6.07 Å². The summed E-state index contributed by atoms with van der Waals surface area (Å²) in [4.78, 5) is 49.2. The zero-order valence-corrected chi connectivity index (χ0v) is 14.9. The molecule has 2 atom stereocenters. The first-order valence-corrected chi connectivity index (χ1v) is 9.00. The standard InChI is InChI=1S/C17H18N2O6S/c1-9(20)25-8-10-4-5-12-14(16(22)19(12)15(10)17(23)24)18-13(21)7-11-3-2-6-26-11/h2-3,6,12,14H,4-5,7-8H2,1H3,(H,18,21)(H,23,24)/t12-,14+/m0/s1. The number of hydrogen-bond donors (Lipinski definition) is 2. The maximum absolute atomic E-state index is 12.4. The number of hydrogen-bond acceptors (Lipinski definition) is 6. The van der Waals surface area contributed by atoms with Gasteiger partial charge in [0.2, 0.25) is 5.91 Å². The molecule has 8 nitrogen and oxygen atoms in total. The monoisotopic (exact) mass is 378 g/mol. The third kappa shape index (κ3) is 3.48. The van der Waals surface area contributed by atoms with Crippen LogP contribution in [0.3, 0.4) is 0 Å². The van der Waals surface area contributed by atoms with Crippen molar-refractivity contribution in [3.63, 3.8) is 0 Å². The summed E-state index contributed by atoms with van der Waals surface area (Å²) in [6, 6.07) is 2.58. The van der Waals surface area contributed by atoms with Crippen LogP contribution in [0, 0.1) is 0 Å². The normalized spacial score (nSPS) is 21.7. The SMILES string of the molecule is CC(=O)OCC1=C(C(=O)O)N2C(=O)[C@H](NC(=O)Cc3cccs3)[C@@H]2CC1. The highest BCUT2D eigenvalue weighted by atomic mass is 32.1. The summed E-state index contributed by atoms with van der Waals surface area (Å²) in [5.41, 5.74) is 0.261. The highest BCUT2D eigenvalue weighted by molar-refractivity contribution is 7.10. The van der Waals surface area contributed by atoms with Crippen LogP contribution in [0.4, 0.5) is 0 Å². The molecule has 26 heavy (non-hydrogen) atoms. The molecule has 9 heteroatoms. The molecular weight excluding hydrogens is 360 g/mol. The molecule has 0 unspecified atom stereocenters. The Hall–Kier alpha value is -2.68. The fourth-order valence-corrected chi connectivity index (χ4v) is 3.97. The van der Waals surface area contributed by atoms with Crippen molar-refractivity contribution in [2.75, 3.05) is 6.61 Å². The molecule has 2 amide bonds. The van der Waals surface area contributed by atoms with Crippen LogP contribution < -0.4 is 5.32 Å². The van der Waals surface area contributed by atoms with Gasteiger partial charge in [0.25, 0.3) is 5.91 Å². The maximum Gasteiger partial charge on any atom is 0.352 e. The van der Waals surface area contributed by atoms with Crippen molar-refractivity contribution >= 4 is 35.1 Å². The number of carbonyl (C=O) groups excluding carboxylic acids is 3. The second-order valence-electron chi connectivity index (χ2n) is 6.15. The number of esters is 1. The average Bonchev–Trinajstić information content (AvgIpc) is 3.09. The first kappa shape index (κ1) is 18.1. The van der Waals surface area contributed by atoms with Crippen LogP contribution >= 0.6 is 11.3 Å². The lowest BCUT2D eigenvalue weighted by molar-refractivity contribution is -0.156. The van der Waals surface area contributed by atoms with E-state index in [4.69, 9.17) is 4.74 Å². The summed E-state index contributed by atoms with van der Waals surface area (Å²) in [5, 5.41) is 14.0. The molecule has 0 bridgehead atoms. The predicted octanol–water partition coefficient (Wildman–Crippen LogP) is 0.682. The number of amides is 2. The Bertz CT molecular complexity index is 785.